The number of allylic oxidation sites excluding steroid dienone is 7. The molecule has 7 heteroatoms. The molecule has 4 rings (SSSR count). The summed E-state index contributed by atoms with van der Waals surface area (Å²) in [4.78, 5) is 26.7. The van der Waals surface area contributed by atoms with Crippen LogP contribution in [0.15, 0.2) is 88.0 Å². The molecule has 0 heterocycles. The number of rotatable bonds is 3. The standard InChI is InChI=1S/C22H19N3O4/c1-14-2-4-15(5-3-14)23-22-20-12-8-16(24(26)27)6-10-18(20)19-11-7-17(25(28)29)9-13-21(19)22/h2-6,8-10,12-13,16-17H,7,11H2,1H3. The van der Waals surface area contributed by atoms with Crippen LogP contribution in [0, 0.1) is 27.2 Å². The molecule has 0 amide bonds. The Kier molecular flexibility index (Phi) is 4.80. The first-order valence-corrected chi connectivity index (χ1v) is 9.39. The van der Waals surface area contributed by atoms with Crippen molar-refractivity contribution in [2.24, 2.45) is 4.99 Å². The second-order valence-electron chi connectivity index (χ2n) is 7.26. The first-order valence-electron chi connectivity index (χ1n) is 9.39. The van der Waals surface area contributed by atoms with E-state index in [1.54, 1.807) is 36.5 Å². The average Bonchev–Trinajstić information content (AvgIpc) is 2.90. The minimum Gasteiger partial charge on any atom is -0.264 e. The zero-order chi connectivity index (χ0) is 20.5. The van der Waals surface area contributed by atoms with Gasteiger partial charge in [-0.05, 0) is 67.0 Å². The lowest BCUT2D eigenvalue weighted by Gasteiger charge is -2.06. The minimum atomic E-state index is -0.905. The third kappa shape index (κ3) is 3.59. The molecule has 3 aliphatic rings. The zero-order valence-electron chi connectivity index (χ0n) is 15.8. The molecule has 7 nitrogen and oxygen atoms in total. The highest BCUT2D eigenvalue weighted by molar-refractivity contribution is 6.21. The molecule has 0 N–H and O–H groups in total. The van der Waals surface area contributed by atoms with Gasteiger partial charge < -0.3 is 0 Å². The van der Waals surface area contributed by atoms with Crippen LogP contribution in [0.2, 0.25) is 0 Å². The fourth-order valence-corrected chi connectivity index (χ4v) is 3.77. The number of nitrogens with zero attached hydrogens (tertiary/aromatic N) is 3. The summed E-state index contributed by atoms with van der Waals surface area (Å²) in [7, 11) is 0. The molecule has 0 fully saturated rings. The number of nitro groups is 2. The van der Waals surface area contributed by atoms with E-state index in [0.717, 1.165) is 33.5 Å². The monoisotopic (exact) mass is 389 g/mol. The summed E-state index contributed by atoms with van der Waals surface area (Å²) < 4.78 is 0. The topological polar surface area (TPSA) is 98.6 Å². The van der Waals surface area contributed by atoms with Crippen molar-refractivity contribution in [3.63, 3.8) is 0 Å². The van der Waals surface area contributed by atoms with Gasteiger partial charge in [-0.2, -0.15) is 0 Å². The Morgan fingerprint density at radius 1 is 0.897 bits per heavy atom. The molecule has 0 spiro atoms. The molecule has 1 aromatic rings. The Morgan fingerprint density at radius 3 is 2.21 bits per heavy atom. The summed E-state index contributed by atoms with van der Waals surface area (Å²) >= 11 is 0. The summed E-state index contributed by atoms with van der Waals surface area (Å²) in [5.74, 6) is 0. The van der Waals surface area contributed by atoms with Crippen LogP contribution < -0.4 is 0 Å². The number of fused-ring (bicyclic) bond motifs is 1. The number of benzene rings is 1. The summed E-state index contributed by atoms with van der Waals surface area (Å²) in [6.07, 6.45) is 10.9. The third-order valence-corrected chi connectivity index (χ3v) is 5.34. The molecule has 0 saturated carbocycles. The molecular formula is C22H19N3O4. The van der Waals surface area contributed by atoms with E-state index in [9.17, 15) is 20.2 Å². The maximum absolute atomic E-state index is 11.3. The highest BCUT2D eigenvalue weighted by Crippen LogP contribution is 2.40. The Morgan fingerprint density at radius 2 is 1.55 bits per heavy atom. The molecule has 0 radical (unpaired) electrons. The van der Waals surface area contributed by atoms with Crippen LogP contribution in [0.25, 0.3) is 0 Å². The number of hydrogen-bond acceptors (Lipinski definition) is 5. The first kappa shape index (κ1) is 18.7. The minimum absolute atomic E-state index is 0.281. The lowest BCUT2D eigenvalue weighted by atomic mass is 9.99. The van der Waals surface area contributed by atoms with Crippen LogP contribution in [0.5, 0.6) is 0 Å². The molecule has 0 bridgehead atoms. The molecule has 1 aromatic carbocycles. The molecule has 0 aliphatic heterocycles. The maximum Gasteiger partial charge on any atom is 0.250 e. The van der Waals surface area contributed by atoms with E-state index in [-0.39, 0.29) is 9.85 Å². The fourth-order valence-electron chi connectivity index (χ4n) is 3.77. The van der Waals surface area contributed by atoms with Crippen molar-refractivity contribution in [2.75, 3.05) is 0 Å². The smallest absolute Gasteiger partial charge is 0.250 e. The largest absolute Gasteiger partial charge is 0.264 e. The fraction of sp³-hybridized carbons (Fsp3) is 0.227. The van der Waals surface area contributed by atoms with E-state index >= 15 is 0 Å². The van der Waals surface area contributed by atoms with E-state index in [4.69, 9.17) is 4.99 Å². The van der Waals surface area contributed by atoms with Crippen molar-refractivity contribution in [1.29, 1.82) is 0 Å². The zero-order valence-corrected chi connectivity index (χ0v) is 15.8. The summed E-state index contributed by atoms with van der Waals surface area (Å²) in [6.45, 7) is 2.00. The van der Waals surface area contributed by atoms with E-state index in [0.29, 0.717) is 18.6 Å². The van der Waals surface area contributed by atoms with E-state index in [1.807, 2.05) is 31.2 Å². The van der Waals surface area contributed by atoms with Gasteiger partial charge in [-0.3, -0.25) is 20.2 Å². The second kappa shape index (κ2) is 7.43. The van der Waals surface area contributed by atoms with Crippen molar-refractivity contribution < 1.29 is 9.85 Å². The van der Waals surface area contributed by atoms with Crippen molar-refractivity contribution in [2.45, 2.75) is 31.8 Å². The van der Waals surface area contributed by atoms with Crippen molar-refractivity contribution in [1.82, 2.24) is 0 Å². The van der Waals surface area contributed by atoms with Crippen LogP contribution in [0.3, 0.4) is 0 Å². The molecule has 29 heavy (non-hydrogen) atoms. The number of hydrogen-bond donors (Lipinski definition) is 0. The molecular weight excluding hydrogens is 370 g/mol. The highest BCUT2D eigenvalue weighted by Gasteiger charge is 2.32. The molecule has 146 valence electrons. The molecule has 3 aliphatic carbocycles. The molecule has 2 atom stereocenters. The normalized spacial score (nSPS) is 24.4. The predicted octanol–water partition coefficient (Wildman–Crippen LogP) is 4.44. The Labute approximate surface area is 167 Å². The SMILES string of the molecule is Cc1ccc(N=C2C3=C(C=CC([N+](=O)[O-])C=C3)C3=C2C=CC([N+](=O)[O-])CC3)cc1. The Balaban J connectivity index is 1.83. The van der Waals surface area contributed by atoms with Gasteiger partial charge in [-0.1, -0.05) is 23.8 Å². The molecule has 0 aromatic heterocycles. The highest BCUT2D eigenvalue weighted by atomic mass is 16.6. The van der Waals surface area contributed by atoms with Crippen LogP contribution in [0.1, 0.15) is 18.4 Å². The predicted molar refractivity (Wildman–Crippen MR) is 111 cm³/mol. The van der Waals surface area contributed by atoms with Gasteiger partial charge in [0.25, 0.3) is 0 Å². The first-order chi connectivity index (χ1) is 13.9. The summed E-state index contributed by atoms with van der Waals surface area (Å²) in [5.41, 5.74) is 6.08. The summed E-state index contributed by atoms with van der Waals surface area (Å²) in [6, 6.07) is 6.11. The van der Waals surface area contributed by atoms with Crippen molar-refractivity contribution in [3.8, 4) is 0 Å². The second-order valence-corrected chi connectivity index (χ2v) is 7.26. The van der Waals surface area contributed by atoms with E-state index < -0.39 is 12.1 Å². The van der Waals surface area contributed by atoms with Gasteiger partial charge in [0.05, 0.1) is 11.4 Å². The quantitative estimate of drug-likeness (QED) is 0.563. The van der Waals surface area contributed by atoms with Crippen LogP contribution in [-0.4, -0.2) is 27.6 Å². The third-order valence-electron chi connectivity index (χ3n) is 5.34. The van der Waals surface area contributed by atoms with Gasteiger partial charge in [0.15, 0.2) is 0 Å². The summed E-state index contributed by atoms with van der Waals surface area (Å²) in [5, 5.41) is 22.5. The lowest BCUT2D eigenvalue weighted by molar-refractivity contribution is -0.510. The van der Waals surface area contributed by atoms with Gasteiger partial charge in [0.1, 0.15) is 0 Å². The maximum atomic E-state index is 11.3. The number of aryl methyl sites for hydroxylation is 1. The van der Waals surface area contributed by atoms with Crippen molar-refractivity contribution >= 4 is 11.4 Å². The average molecular weight is 389 g/mol. The van der Waals surface area contributed by atoms with E-state index in [1.165, 1.54) is 0 Å². The van der Waals surface area contributed by atoms with Gasteiger partial charge >= 0.3 is 0 Å². The van der Waals surface area contributed by atoms with Gasteiger partial charge in [0, 0.05) is 27.4 Å². The van der Waals surface area contributed by atoms with E-state index in [2.05, 4.69) is 0 Å². The number of aliphatic imine (C=N–C) groups is 1. The molecule has 2 unspecified atom stereocenters. The van der Waals surface area contributed by atoms with Gasteiger partial charge in [0.2, 0.25) is 12.1 Å². The Hall–Kier alpha value is -3.61. The Bertz CT molecular complexity index is 1070. The molecule has 0 saturated heterocycles. The van der Waals surface area contributed by atoms with Crippen LogP contribution in [-0.2, 0) is 0 Å². The van der Waals surface area contributed by atoms with Crippen molar-refractivity contribution in [3.05, 3.63) is 109 Å². The van der Waals surface area contributed by atoms with Gasteiger partial charge in [-0.25, -0.2) is 4.99 Å². The van der Waals surface area contributed by atoms with Crippen LogP contribution in [0.4, 0.5) is 5.69 Å². The lowest BCUT2D eigenvalue weighted by Crippen LogP contribution is -2.16. The van der Waals surface area contributed by atoms with Gasteiger partial charge in [-0.15, -0.1) is 0 Å². The van der Waals surface area contributed by atoms with Crippen LogP contribution >= 0.6 is 0 Å².